The van der Waals surface area contributed by atoms with Gasteiger partial charge in [0.2, 0.25) is 5.91 Å². The molecule has 3 rings (SSSR count). The van der Waals surface area contributed by atoms with Crippen molar-refractivity contribution in [3.8, 4) is 0 Å². The lowest BCUT2D eigenvalue weighted by Gasteiger charge is -2.24. The molecule has 1 aromatic carbocycles. The minimum absolute atomic E-state index is 0.0349. The Kier molecular flexibility index (Phi) is 4.85. The van der Waals surface area contributed by atoms with Crippen LogP contribution in [0.25, 0.3) is 0 Å². The van der Waals surface area contributed by atoms with Gasteiger partial charge in [0.25, 0.3) is 0 Å². The molecule has 116 valence electrons. The Morgan fingerprint density at radius 3 is 2.82 bits per heavy atom. The van der Waals surface area contributed by atoms with Crippen LogP contribution in [0.2, 0.25) is 0 Å². The second-order valence-electron chi connectivity index (χ2n) is 5.40. The quantitative estimate of drug-likeness (QED) is 0.916. The number of amides is 1. The summed E-state index contributed by atoms with van der Waals surface area (Å²) in [5, 5.41) is 5.01. The fourth-order valence-corrected chi connectivity index (χ4v) is 3.43. The Morgan fingerprint density at radius 1 is 1.36 bits per heavy atom. The van der Waals surface area contributed by atoms with E-state index in [9.17, 15) is 9.18 Å². The van der Waals surface area contributed by atoms with Crippen molar-refractivity contribution in [2.24, 2.45) is 0 Å². The lowest BCUT2D eigenvalue weighted by atomic mass is 9.99. The number of benzene rings is 1. The maximum Gasteiger partial charge on any atom is 0.225 e. The van der Waals surface area contributed by atoms with Crippen LogP contribution in [0, 0.1) is 5.82 Å². The van der Waals surface area contributed by atoms with Gasteiger partial charge in [-0.05, 0) is 42.0 Å². The van der Waals surface area contributed by atoms with Crippen LogP contribution in [0.4, 0.5) is 4.39 Å². The summed E-state index contributed by atoms with van der Waals surface area (Å²) < 4.78 is 18.9. The van der Waals surface area contributed by atoms with Crippen molar-refractivity contribution in [2.75, 3.05) is 6.61 Å². The summed E-state index contributed by atoms with van der Waals surface area (Å²) in [6.45, 7) is 0.711. The Balaban J connectivity index is 1.73. The van der Waals surface area contributed by atoms with Crippen LogP contribution in [0.1, 0.15) is 29.3 Å². The van der Waals surface area contributed by atoms with Crippen molar-refractivity contribution in [1.29, 1.82) is 0 Å². The molecule has 1 saturated heterocycles. The second kappa shape index (κ2) is 7.03. The summed E-state index contributed by atoms with van der Waals surface area (Å²) in [5.74, 6) is -0.313. The monoisotopic (exact) mass is 319 g/mol. The third kappa shape index (κ3) is 3.72. The maximum absolute atomic E-state index is 13.1. The zero-order valence-electron chi connectivity index (χ0n) is 12.1. The second-order valence-corrected chi connectivity index (χ2v) is 6.44. The van der Waals surface area contributed by atoms with Crippen molar-refractivity contribution >= 4 is 17.2 Å². The number of nitrogens with one attached hydrogen (secondary N) is 1. The highest BCUT2D eigenvalue weighted by atomic mass is 32.1. The SMILES string of the molecule is O=C(Cc1cccs1)NC(c1ccc(F)cc1)C1CCCO1. The minimum atomic E-state index is -0.278. The number of carbonyl (C=O) groups excluding carboxylic acids is 1. The topological polar surface area (TPSA) is 38.3 Å². The Morgan fingerprint density at radius 2 is 2.18 bits per heavy atom. The number of hydrogen-bond acceptors (Lipinski definition) is 3. The Hall–Kier alpha value is -1.72. The molecule has 1 amide bonds. The summed E-state index contributed by atoms with van der Waals surface area (Å²) in [6, 6.07) is 9.93. The molecule has 0 saturated carbocycles. The van der Waals surface area contributed by atoms with Gasteiger partial charge < -0.3 is 10.1 Å². The summed E-state index contributed by atoms with van der Waals surface area (Å²) >= 11 is 1.57. The highest BCUT2D eigenvalue weighted by Crippen LogP contribution is 2.27. The van der Waals surface area contributed by atoms with Crippen molar-refractivity contribution in [3.63, 3.8) is 0 Å². The molecule has 1 aliphatic rings. The van der Waals surface area contributed by atoms with Gasteiger partial charge in [0.05, 0.1) is 18.6 Å². The van der Waals surface area contributed by atoms with Crippen molar-refractivity contribution in [1.82, 2.24) is 5.32 Å². The van der Waals surface area contributed by atoms with Crippen LogP contribution in [-0.4, -0.2) is 18.6 Å². The van der Waals surface area contributed by atoms with Crippen LogP contribution < -0.4 is 5.32 Å². The van der Waals surface area contributed by atoms with Gasteiger partial charge in [-0.15, -0.1) is 11.3 Å². The fraction of sp³-hybridized carbons (Fsp3) is 0.353. The predicted octanol–water partition coefficient (Wildman–Crippen LogP) is 3.47. The maximum atomic E-state index is 13.1. The third-order valence-electron chi connectivity index (χ3n) is 3.80. The van der Waals surface area contributed by atoms with Crippen LogP contribution >= 0.6 is 11.3 Å². The van der Waals surface area contributed by atoms with E-state index in [0.29, 0.717) is 13.0 Å². The van der Waals surface area contributed by atoms with Gasteiger partial charge in [0.15, 0.2) is 0 Å². The largest absolute Gasteiger partial charge is 0.376 e. The molecule has 0 radical (unpaired) electrons. The van der Waals surface area contributed by atoms with Gasteiger partial charge in [-0.3, -0.25) is 4.79 Å². The number of halogens is 1. The first-order chi connectivity index (χ1) is 10.7. The normalized spacial score (nSPS) is 19.0. The van der Waals surface area contributed by atoms with Gasteiger partial charge in [0.1, 0.15) is 5.82 Å². The first-order valence-electron chi connectivity index (χ1n) is 7.41. The Bertz CT molecular complexity index is 606. The van der Waals surface area contributed by atoms with Crippen molar-refractivity contribution in [2.45, 2.75) is 31.4 Å². The van der Waals surface area contributed by atoms with E-state index in [4.69, 9.17) is 4.74 Å². The first kappa shape index (κ1) is 15.2. The number of hydrogen-bond donors (Lipinski definition) is 1. The molecule has 1 aromatic heterocycles. The third-order valence-corrected chi connectivity index (χ3v) is 4.67. The summed E-state index contributed by atoms with van der Waals surface area (Å²) in [5.41, 5.74) is 0.882. The molecule has 22 heavy (non-hydrogen) atoms. The minimum Gasteiger partial charge on any atom is -0.376 e. The molecule has 2 atom stereocenters. The average Bonchev–Trinajstić information content (AvgIpc) is 3.19. The summed E-state index contributed by atoms with van der Waals surface area (Å²) in [6.07, 6.45) is 2.21. The highest BCUT2D eigenvalue weighted by Gasteiger charge is 2.28. The van der Waals surface area contributed by atoms with Gasteiger partial charge in [-0.25, -0.2) is 4.39 Å². The average molecular weight is 319 g/mol. The zero-order chi connectivity index (χ0) is 15.4. The van der Waals surface area contributed by atoms with E-state index < -0.39 is 0 Å². The molecule has 0 spiro atoms. The smallest absolute Gasteiger partial charge is 0.225 e. The molecule has 1 aliphatic heterocycles. The highest BCUT2D eigenvalue weighted by molar-refractivity contribution is 7.10. The predicted molar refractivity (Wildman–Crippen MR) is 84.3 cm³/mol. The molecule has 0 bridgehead atoms. The molecular formula is C17H18FNO2S. The van der Waals surface area contributed by atoms with E-state index >= 15 is 0 Å². The number of carbonyl (C=O) groups is 1. The van der Waals surface area contributed by atoms with Gasteiger partial charge >= 0.3 is 0 Å². The van der Waals surface area contributed by atoms with E-state index in [-0.39, 0.29) is 23.9 Å². The van der Waals surface area contributed by atoms with Gasteiger partial charge in [0, 0.05) is 11.5 Å². The molecule has 0 aliphatic carbocycles. The zero-order valence-corrected chi connectivity index (χ0v) is 12.9. The van der Waals surface area contributed by atoms with E-state index in [2.05, 4.69) is 5.32 Å². The van der Waals surface area contributed by atoms with Crippen LogP contribution in [0.15, 0.2) is 41.8 Å². The lowest BCUT2D eigenvalue weighted by molar-refractivity contribution is -0.122. The van der Waals surface area contributed by atoms with E-state index in [1.807, 2.05) is 17.5 Å². The molecule has 1 fully saturated rings. The lowest BCUT2D eigenvalue weighted by Crippen LogP contribution is -2.36. The standard InChI is InChI=1S/C17H18FNO2S/c18-13-7-5-12(6-8-13)17(15-4-1-9-21-15)19-16(20)11-14-3-2-10-22-14/h2-3,5-8,10,15,17H,1,4,9,11H2,(H,19,20). The molecule has 2 unspecified atom stereocenters. The van der Waals surface area contributed by atoms with E-state index in [1.165, 1.54) is 12.1 Å². The van der Waals surface area contributed by atoms with Crippen molar-refractivity contribution in [3.05, 3.63) is 58.0 Å². The molecule has 1 N–H and O–H groups in total. The van der Waals surface area contributed by atoms with Crippen LogP contribution in [0.5, 0.6) is 0 Å². The fourth-order valence-electron chi connectivity index (χ4n) is 2.72. The molecule has 2 aromatic rings. The molecular weight excluding hydrogens is 301 g/mol. The molecule has 2 heterocycles. The molecule has 3 nitrogen and oxygen atoms in total. The van der Waals surface area contributed by atoms with Gasteiger partial charge in [-0.1, -0.05) is 18.2 Å². The summed E-state index contributed by atoms with van der Waals surface area (Å²) in [7, 11) is 0. The summed E-state index contributed by atoms with van der Waals surface area (Å²) in [4.78, 5) is 13.3. The Labute approximate surface area is 133 Å². The number of rotatable bonds is 5. The van der Waals surface area contributed by atoms with Crippen molar-refractivity contribution < 1.29 is 13.9 Å². The van der Waals surface area contributed by atoms with E-state index in [0.717, 1.165) is 23.3 Å². The van der Waals surface area contributed by atoms with Gasteiger partial charge in [-0.2, -0.15) is 0 Å². The molecule has 5 heteroatoms. The van der Waals surface area contributed by atoms with E-state index in [1.54, 1.807) is 23.5 Å². The first-order valence-corrected chi connectivity index (χ1v) is 8.29. The van der Waals surface area contributed by atoms with Crippen LogP contribution in [0.3, 0.4) is 0 Å². The van der Waals surface area contributed by atoms with Crippen LogP contribution in [-0.2, 0) is 16.0 Å². The number of ether oxygens (including phenoxy) is 1. The number of thiophene rings is 1.